The highest BCUT2D eigenvalue weighted by atomic mass is 16.6. The summed E-state index contributed by atoms with van der Waals surface area (Å²) in [5.74, 6) is 5.15. The number of carbonyl (C=O) groups excluding carboxylic acids is 1. The molecular formula is C36H35N3O6. The summed E-state index contributed by atoms with van der Waals surface area (Å²) in [6.07, 6.45) is 2.88. The molecule has 9 rings (SSSR count). The molecule has 2 atom stereocenters. The summed E-state index contributed by atoms with van der Waals surface area (Å²) in [4.78, 5) is 15.2. The Morgan fingerprint density at radius 1 is 0.822 bits per heavy atom. The molecule has 45 heavy (non-hydrogen) atoms. The van der Waals surface area contributed by atoms with Gasteiger partial charge in [0, 0.05) is 25.2 Å². The van der Waals surface area contributed by atoms with E-state index in [2.05, 4.69) is 34.9 Å². The van der Waals surface area contributed by atoms with Crippen LogP contribution in [0, 0.1) is 0 Å². The third-order valence-electron chi connectivity index (χ3n) is 9.39. The molecule has 2 N–H and O–H groups in total. The highest BCUT2D eigenvalue weighted by Crippen LogP contribution is 2.56. The van der Waals surface area contributed by atoms with Gasteiger partial charge in [0.2, 0.25) is 5.75 Å². The molecule has 9 heteroatoms. The standard InChI is InChI=1S/C36H35N3O6/c1-37-36(40)39-13-11-23-18-32(42-3)34-35-33(23)27(39)15-20-4-7-24(8-5-20)43-29-16-21(6-9-28(29)41-2)14-26-25-19-31(45-35)30(44-34)17-22(25)10-12-38-26/h4-9,16-19,26-27,38H,10-15H2,1-3H3,(H,37,40)/t26-,27-/m0/s1. The van der Waals surface area contributed by atoms with Crippen LogP contribution < -0.4 is 34.3 Å². The van der Waals surface area contributed by atoms with Crippen molar-refractivity contribution in [3.05, 3.63) is 94.0 Å². The van der Waals surface area contributed by atoms with E-state index in [1.54, 1.807) is 21.3 Å². The van der Waals surface area contributed by atoms with Gasteiger partial charge < -0.3 is 39.2 Å². The van der Waals surface area contributed by atoms with Gasteiger partial charge in [-0.3, -0.25) is 0 Å². The monoisotopic (exact) mass is 605 g/mol. The fourth-order valence-corrected chi connectivity index (χ4v) is 7.17. The quantitative estimate of drug-likeness (QED) is 0.234. The number of hydrogen-bond acceptors (Lipinski definition) is 7. The number of ether oxygens (including phenoxy) is 5. The van der Waals surface area contributed by atoms with Crippen molar-refractivity contribution in [1.29, 1.82) is 0 Å². The van der Waals surface area contributed by atoms with E-state index in [-0.39, 0.29) is 18.1 Å². The number of fused-ring (bicyclic) bond motifs is 2. The van der Waals surface area contributed by atoms with E-state index in [0.717, 1.165) is 41.6 Å². The number of amides is 2. The number of nitrogens with zero attached hydrogens (tertiary/aromatic N) is 1. The Kier molecular flexibility index (Phi) is 6.71. The minimum atomic E-state index is -0.298. The molecule has 0 radical (unpaired) electrons. The normalized spacial score (nSPS) is 19.0. The molecule has 7 bridgehead atoms. The molecule has 0 spiro atoms. The molecule has 0 unspecified atom stereocenters. The van der Waals surface area contributed by atoms with Crippen LogP contribution in [0.5, 0.6) is 46.0 Å². The largest absolute Gasteiger partial charge is 0.493 e. The van der Waals surface area contributed by atoms with Gasteiger partial charge in [-0.1, -0.05) is 18.2 Å². The van der Waals surface area contributed by atoms with Gasteiger partial charge in [0.25, 0.3) is 0 Å². The van der Waals surface area contributed by atoms with Crippen LogP contribution in [-0.2, 0) is 25.7 Å². The van der Waals surface area contributed by atoms with E-state index in [0.29, 0.717) is 65.4 Å². The zero-order chi connectivity index (χ0) is 30.7. The predicted octanol–water partition coefficient (Wildman–Crippen LogP) is 6.62. The second-order valence-corrected chi connectivity index (χ2v) is 11.9. The topological polar surface area (TPSA) is 90.5 Å². The lowest BCUT2D eigenvalue weighted by Crippen LogP contribution is -2.45. The Labute approximate surface area is 262 Å². The van der Waals surface area contributed by atoms with Gasteiger partial charge in [0.1, 0.15) is 5.75 Å². The number of hydrogen-bond donors (Lipinski definition) is 2. The van der Waals surface area contributed by atoms with Crippen molar-refractivity contribution in [1.82, 2.24) is 15.5 Å². The highest BCUT2D eigenvalue weighted by molar-refractivity contribution is 5.76. The molecule has 0 aromatic heterocycles. The summed E-state index contributed by atoms with van der Waals surface area (Å²) >= 11 is 0. The van der Waals surface area contributed by atoms with E-state index < -0.39 is 0 Å². The number of carbonyl (C=O) groups is 1. The summed E-state index contributed by atoms with van der Waals surface area (Å²) in [6, 6.07) is 20.0. The van der Waals surface area contributed by atoms with E-state index in [1.165, 1.54) is 11.1 Å². The average Bonchev–Trinajstić information content (AvgIpc) is 3.06. The van der Waals surface area contributed by atoms with Gasteiger partial charge >= 0.3 is 6.03 Å². The van der Waals surface area contributed by atoms with Crippen LogP contribution >= 0.6 is 0 Å². The second kappa shape index (κ2) is 10.9. The molecule has 0 aliphatic carbocycles. The Bertz CT molecular complexity index is 1820. The molecule has 4 aromatic rings. The van der Waals surface area contributed by atoms with Crippen LogP contribution in [-0.4, -0.2) is 45.3 Å². The van der Waals surface area contributed by atoms with Gasteiger partial charge in [-0.25, -0.2) is 4.79 Å². The van der Waals surface area contributed by atoms with Gasteiger partial charge in [0.15, 0.2) is 34.5 Å². The van der Waals surface area contributed by atoms with Crippen molar-refractivity contribution in [3.8, 4) is 46.0 Å². The first-order valence-corrected chi connectivity index (χ1v) is 15.4. The highest BCUT2D eigenvalue weighted by Gasteiger charge is 2.39. The van der Waals surface area contributed by atoms with Crippen molar-refractivity contribution in [2.45, 2.75) is 37.8 Å². The van der Waals surface area contributed by atoms with E-state index in [4.69, 9.17) is 23.7 Å². The third kappa shape index (κ3) is 4.69. The maximum atomic E-state index is 13.3. The molecule has 9 nitrogen and oxygen atoms in total. The molecule has 0 saturated carbocycles. The summed E-state index contributed by atoms with van der Waals surface area (Å²) in [7, 11) is 4.98. The number of rotatable bonds is 2. The molecule has 230 valence electrons. The Morgan fingerprint density at radius 2 is 1.60 bits per heavy atom. The first-order valence-electron chi connectivity index (χ1n) is 15.4. The minimum Gasteiger partial charge on any atom is -0.493 e. The van der Waals surface area contributed by atoms with Gasteiger partial charge in [-0.15, -0.1) is 0 Å². The molecule has 5 aliphatic rings. The SMILES string of the molecule is CNC(=O)N1CCc2cc(OC)c3c4c2[C@@H]1Cc1ccc(cc1)Oc1cc(ccc1OC)C[C@@H]1NCCc2cc(c(cc21)O4)O3. The van der Waals surface area contributed by atoms with Crippen LogP contribution in [0.4, 0.5) is 4.79 Å². The van der Waals surface area contributed by atoms with Gasteiger partial charge in [0.05, 0.1) is 20.3 Å². The van der Waals surface area contributed by atoms with E-state index >= 15 is 0 Å². The number of nitrogens with one attached hydrogen (secondary N) is 2. The molecule has 2 amide bonds. The Balaban J connectivity index is 1.33. The average molecular weight is 606 g/mol. The van der Waals surface area contributed by atoms with Crippen molar-refractivity contribution < 1.29 is 28.5 Å². The van der Waals surface area contributed by atoms with Crippen LogP contribution in [0.15, 0.2) is 60.7 Å². The Hall–Kier alpha value is -4.89. The van der Waals surface area contributed by atoms with Crippen molar-refractivity contribution in [3.63, 3.8) is 0 Å². The maximum absolute atomic E-state index is 13.3. The number of methoxy groups -OCH3 is 2. The fraction of sp³-hybridized carbons (Fsp3) is 0.306. The molecule has 5 aliphatic heterocycles. The summed E-state index contributed by atoms with van der Waals surface area (Å²) in [5, 5.41) is 6.56. The summed E-state index contributed by atoms with van der Waals surface area (Å²) < 4.78 is 31.4. The fourth-order valence-electron chi connectivity index (χ4n) is 7.17. The third-order valence-corrected chi connectivity index (χ3v) is 9.39. The second-order valence-electron chi connectivity index (χ2n) is 11.9. The summed E-state index contributed by atoms with van der Waals surface area (Å²) in [5.41, 5.74) is 6.62. The van der Waals surface area contributed by atoms with Crippen LogP contribution in [0.25, 0.3) is 0 Å². The lowest BCUT2D eigenvalue weighted by molar-refractivity contribution is 0.168. The smallest absolute Gasteiger partial charge is 0.317 e. The molecule has 5 heterocycles. The number of urea groups is 1. The summed E-state index contributed by atoms with van der Waals surface area (Å²) in [6.45, 7) is 1.42. The zero-order valence-corrected chi connectivity index (χ0v) is 25.6. The first kappa shape index (κ1) is 27.6. The van der Waals surface area contributed by atoms with Crippen LogP contribution in [0.1, 0.15) is 45.5 Å². The maximum Gasteiger partial charge on any atom is 0.317 e. The molecule has 0 fully saturated rings. The number of benzene rings is 4. The Morgan fingerprint density at radius 3 is 2.40 bits per heavy atom. The predicted molar refractivity (Wildman–Crippen MR) is 169 cm³/mol. The van der Waals surface area contributed by atoms with Gasteiger partial charge in [-0.05, 0) is 103 Å². The molecule has 0 saturated heterocycles. The lowest BCUT2D eigenvalue weighted by atomic mass is 9.86. The zero-order valence-electron chi connectivity index (χ0n) is 25.6. The van der Waals surface area contributed by atoms with Crippen molar-refractivity contribution in [2.24, 2.45) is 0 Å². The van der Waals surface area contributed by atoms with E-state index in [1.807, 2.05) is 41.3 Å². The van der Waals surface area contributed by atoms with Gasteiger partial charge in [-0.2, -0.15) is 0 Å². The minimum absolute atomic E-state index is 0.0687. The first-order chi connectivity index (χ1) is 22.0. The van der Waals surface area contributed by atoms with Crippen molar-refractivity contribution >= 4 is 6.03 Å². The van der Waals surface area contributed by atoms with Crippen LogP contribution in [0.2, 0.25) is 0 Å². The van der Waals surface area contributed by atoms with Crippen LogP contribution in [0.3, 0.4) is 0 Å². The molecule has 4 aromatic carbocycles. The molecular weight excluding hydrogens is 570 g/mol. The lowest BCUT2D eigenvalue weighted by Gasteiger charge is -2.39. The van der Waals surface area contributed by atoms with E-state index in [9.17, 15) is 4.79 Å². The van der Waals surface area contributed by atoms with Crippen molar-refractivity contribution in [2.75, 3.05) is 34.4 Å².